The predicted molar refractivity (Wildman–Crippen MR) is 73.5 cm³/mol. The van der Waals surface area contributed by atoms with Crippen LogP contribution in [-0.2, 0) is 4.79 Å². The van der Waals surface area contributed by atoms with E-state index >= 15 is 0 Å². The van der Waals surface area contributed by atoms with Crippen molar-refractivity contribution in [2.24, 2.45) is 17.3 Å². The second kappa shape index (κ2) is 5.59. The Bertz CT molecular complexity index is 346. The van der Waals surface area contributed by atoms with Gasteiger partial charge in [-0.25, -0.2) is 0 Å². The van der Waals surface area contributed by atoms with Gasteiger partial charge in [0.05, 0.1) is 0 Å². The summed E-state index contributed by atoms with van der Waals surface area (Å²) < 4.78 is 0. The van der Waals surface area contributed by atoms with Gasteiger partial charge >= 0.3 is 0 Å². The molecule has 2 saturated carbocycles. The zero-order valence-electron chi connectivity index (χ0n) is 12.1. The highest BCUT2D eigenvalue weighted by Crippen LogP contribution is 2.48. The van der Waals surface area contributed by atoms with Gasteiger partial charge in [0.1, 0.15) is 5.78 Å². The maximum Gasteiger partial charge on any atom is 0.213 e. The normalized spacial score (nSPS) is 30.3. The van der Waals surface area contributed by atoms with Crippen molar-refractivity contribution in [2.45, 2.75) is 71.3 Å². The van der Waals surface area contributed by atoms with Crippen LogP contribution in [0.2, 0.25) is 0 Å². The lowest BCUT2D eigenvalue weighted by atomic mass is 9.60. The summed E-state index contributed by atoms with van der Waals surface area (Å²) in [5.41, 5.74) is 0.224. The molecule has 4 nitrogen and oxygen atoms in total. The molecule has 2 aliphatic rings. The van der Waals surface area contributed by atoms with Crippen molar-refractivity contribution in [1.82, 2.24) is 0 Å². The molecule has 0 saturated heterocycles. The van der Waals surface area contributed by atoms with E-state index in [9.17, 15) is 14.9 Å². The maximum absolute atomic E-state index is 11.4. The van der Waals surface area contributed by atoms with E-state index in [2.05, 4.69) is 13.8 Å². The molecule has 0 atom stereocenters. The fourth-order valence-electron chi connectivity index (χ4n) is 4.05. The monoisotopic (exact) mass is 267 g/mol. The van der Waals surface area contributed by atoms with Gasteiger partial charge in [-0.15, -0.1) is 0 Å². The fourth-order valence-corrected chi connectivity index (χ4v) is 4.05. The molecule has 2 rings (SSSR count). The minimum atomic E-state index is -0.319. The lowest BCUT2D eigenvalue weighted by molar-refractivity contribution is -0.527. The number of Topliss-reactive ketones (excluding diaryl/α,β-unsaturated/α-hetero) is 1. The summed E-state index contributed by atoms with van der Waals surface area (Å²) in [6.07, 6.45) is 6.91. The van der Waals surface area contributed by atoms with E-state index in [1.54, 1.807) is 0 Å². The van der Waals surface area contributed by atoms with Crippen LogP contribution in [0.5, 0.6) is 0 Å². The Balaban J connectivity index is 1.93. The molecular weight excluding hydrogens is 242 g/mol. The van der Waals surface area contributed by atoms with Crippen LogP contribution in [0.15, 0.2) is 0 Å². The highest BCUT2D eigenvalue weighted by atomic mass is 16.6. The van der Waals surface area contributed by atoms with Crippen molar-refractivity contribution in [3.05, 3.63) is 10.1 Å². The minimum Gasteiger partial charge on any atom is -0.300 e. The van der Waals surface area contributed by atoms with Gasteiger partial charge in [-0.1, -0.05) is 13.8 Å². The Kier molecular flexibility index (Phi) is 4.26. The van der Waals surface area contributed by atoms with Crippen LogP contribution in [-0.4, -0.2) is 16.7 Å². The van der Waals surface area contributed by atoms with Gasteiger partial charge in [0.25, 0.3) is 0 Å². The lowest BCUT2D eigenvalue weighted by Crippen LogP contribution is -2.39. The molecule has 0 aromatic carbocycles. The van der Waals surface area contributed by atoms with E-state index in [0.29, 0.717) is 17.6 Å². The number of hydrogen-bond acceptors (Lipinski definition) is 3. The van der Waals surface area contributed by atoms with Crippen LogP contribution in [0.1, 0.15) is 65.2 Å². The summed E-state index contributed by atoms with van der Waals surface area (Å²) in [5.74, 6) is 1.60. The molecule has 0 aromatic heterocycles. The first-order valence-electron chi connectivity index (χ1n) is 7.56. The molecule has 4 heteroatoms. The highest BCUT2D eigenvalue weighted by Gasteiger charge is 2.41. The molecule has 19 heavy (non-hydrogen) atoms. The number of rotatable bonds is 3. The van der Waals surface area contributed by atoms with E-state index in [1.165, 1.54) is 0 Å². The molecule has 0 amide bonds. The van der Waals surface area contributed by atoms with Gasteiger partial charge in [-0.05, 0) is 42.9 Å². The average molecular weight is 267 g/mol. The molecule has 0 radical (unpaired) electrons. The molecule has 0 aromatic rings. The Hall–Kier alpha value is -0.930. The number of ketones is 1. The Labute approximate surface area is 115 Å². The first-order valence-corrected chi connectivity index (χ1v) is 7.56. The number of carbonyl (C=O) groups is 1. The Morgan fingerprint density at radius 3 is 1.95 bits per heavy atom. The van der Waals surface area contributed by atoms with Gasteiger partial charge < -0.3 is 0 Å². The van der Waals surface area contributed by atoms with Crippen molar-refractivity contribution < 1.29 is 9.72 Å². The Morgan fingerprint density at radius 2 is 1.47 bits per heavy atom. The number of nitro groups is 1. The number of hydrogen-bond donors (Lipinski definition) is 0. The second-order valence-electron chi connectivity index (χ2n) is 6.93. The number of carbonyl (C=O) groups excluding carboxylic acids is 1. The predicted octanol–water partition coefficient (Wildman–Crippen LogP) is 3.61. The van der Waals surface area contributed by atoms with E-state index < -0.39 is 0 Å². The molecule has 2 aliphatic carbocycles. The molecular formula is C15H25NO3. The van der Waals surface area contributed by atoms with Gasteiger partial charge in [0.2, 0.25) is 6.04 Å². The molecule has 0 heterocycles. The smallest absolute Gasteiger partial charge is 0.213 e. The molecule has 0 unspecified atom stereocenters. The van der Waals surface area contributed by atoms with Crippen molar-refractivity contribution in [3.63, 3.8) is 0 Å². The standard InChI is InChI=1S/C15H25NO3/c1-15(2,12-5-9-14(17)10-6-12)11-3-7-13(8-4-11)16(18)19/h11-13H,3-10H2,1-2H3. The maximum atomic E-state index is 11.4. The van der Waals surface area contributed by atoms with Gasteiger partial charge in [0, 0.05) is 30.6 Å². The van der Waals surface area contributed by atoms with Gasteiger partial charge in [-0.2, -0.15) is 0 Å². The summed E-state index contributed by atoms with van der Waals surface area (Å²) in [7, 11) is 0. The van der Waals surface area contributed by atoms with Crippen molar-refractivity contribution in [2.75, 3.05) is 0 Å². The molecule has 0 aliphatic heterocycles. The third-order valence-corrected chi connectivity index (χ3v) is 5.64. The van der Waals surface area contributed by atoms with Gasteiger partial charge in [-0.3, -0.25) is 14.9 Å². The third-order valence-electron chi connectivity index (χ3n) is 5.64. The second-order valence-corrected chi connectivity index (χ2v) is 6.93. The summed E-state index contributed by atoms with van der Waals surface area (Å²) in [6.45, 7) is 4.62. The van der Waals surface area contributed by atoms with E-state index in [1.807, 2.05) is 0 Å². The summed E-state index contributed by atoms with van der Waals surface area (Å²) >= 11 is 0. The molecule has 0 spiro atoms. The van der Waals surface area contributed by atoms with Crippen LogP contribution in [0.25, 0.3) is 0 Å². The largest absolute Gasteiger partial charge is 0.300 e. The highest BCUT2D eigenvalue weighted by molar-refractivity contribution is 5.79. The van der Waals surface area contributed by atoms with Crippen LogP contribution in [0.4, 0.5) is 0 Å². The molecule has 108 valence electrons. The Morgan fingerprint density at radius 1 is 1.00 bits per heavy atom. The summed E-state index contributed by atoms with van der Waals surface area (Å²) in [4.78, 5) is 22.1. The zero-order chi connectivity index (χ0) is 14.0. The molecule has 0 N–H and O–H groups in total. The summed E-state index contributed by atoms with van der Waals surface area (Å²) in [6, 6.07) is -0.319. The SMILES string of the molecule is CC(C)(C1CCC(=O)CC1)C1CCC([N+](=O)[O-])CC1. The first kappa shape index (κ1) is 14.5. The lowest BCUT2D eigenvalue weighted by Gasteiger charge is -2.44. The quantitative estimate of drug-likeness (QED) is 0.579. The average Bonchev–Trinajstić information content (AvgIpc) is 2.39. The van der Waals surface area contributed by atoms with Gasteiger partial charge in [0.15, 0.2) is 0 Å². The zero-order valence-corrected chi connectivity index (χ0v) is 12.1. The molecule has 2 fully saturated rings. The van der Waals surface area contributed by atoms with Crippen LogP contribution < -0.4 is 0 Å². The third kappa shape index (κ3) is 3.15. The van der Waals surface area contributed by atoms with Crippen LogP contribution in [0.3, 0.4) is 0 Å². The van der Waals surface area contributed by atoms with Crippen molar-refractivity contribution in [3.8, 4) is 0 Å². The first-order chi connectivity index (χ1) is 8.91. The van der Waals surface area contributed by atoms with E-state index in [4.69, 9.17) is 0 Å². The summed E-state index contributed by atoms with van der Waals surface area (Å²) in [5, 5.41) is 10.8. The van der Waals surface area contributed by atoms with E-state index in [-0.39, 0.29) is 16.4 Å². The van der Waals surface area contributed by atoms with Crippen LogP contribution in [0, 0.1) is 27.4 Å². The van der Waals surface area contributed by atoms with Crippen molar-refractivity contribution >= 4 is 5.78 Å². The van der Waals surface area contributed by atoms with Crippen molar-refractivity contribution in [1.29, 1.82) is 0 Å². The van der Waals surface area contributed by atoms with Crippen LogP contribution >= 0.6 is 0 Å². The topological polar surface area (TPSA) is 60.2 Å². The molecule has 0 bridgehead atoms. The fraction of sp³-hybridized carbons (Fsp3) is 0.933. The minimum absolute atomic E-state index is 0.109. The van der Waals surface area contributed by atoms with E-state index in [0.717, 1.165) is 51.4 Å². The number of nitrogens with zero attached hydrogens (tertiary/aromatic N) is 1.